The number of hydrogen-bond acceptors (Lipinski definition) is 3. The second kappa shape index (κ2) is 6.75. The number of carboxylic acids is 1. The van der Waals surface area contributed by atoms with Crippen molar-refractivity contribution in [2.24, 2.45) is 5.41 Å². The average molecular weight is 272 g/mol. The minimum atomic E-state index is -0.953. The van der Waals surface area contributed by atoms with Gasteiger partial charge in [-0.15, -0.1) is 0 Å². The number of carbonyl (C=O) groups is 2. The van der Waals surface area contributed by atoms with Crippen LogP contribution in [0.25, 0.3) is 0 Å². The van der Waals surface area contributed by atoms with Gasteiger partial charge in [0.25, 0.3) is 0 Å². The number of urea groups is 1. The van der Waals surface area contributed by atoms with Crippen LogP contribution in [0.2, 0.25) is 0 Å². The molecule has 110 valence electrons. The summed E-state index contributed by atoms with van der Waals surface area (Å²) in [7, 11) is 0. The molecule has 1 saturated heterocycles. The van der Waals surface area contributed by atoms with Crippen molar-refractivity contribution in [3.8, 4) is 0 Å². The van der Waals surface area contributed by atoms with Gasteiger partial charge in [0.05, 0.1) is 6.10 Å². The molecule has 1 aliphatic heterocycles. The van der Waals surface area contributed by atoms with Crippen molar-refractivity contribution < 1.29 is 19.4 Å². The molecule has 0 bridgehead atoms. The third-order valence-electron chi connectivity index (χ3n) is 2.94. The average Bonchev–Trinajstić information content (AvgIpc) is 2.33. The Bertz CT molecular complexity index is 317. The maximum absolute atomic E-state index is 11.9. The normalized spacial score (nSPS) is 17.3. The number of likely N-dealkylation sites (tertiary alicyclic amines) is 1. The number of hydrogen-bond donors (Lipinski definition) is 2. The molecule has 1 fully saturated rings. The van der Waals surface area contributed by atoms with Crippen molar-refractivity contribution in [3.63, 3.8) is 0 Å². The van der Waals surface area contributed by atoms with E-state index in [0.29, 0.717) is 32.5 Å². The van der Waals surface area contributed by atoms with E-state index in [9.17, 15) is 9.59 Å². The summed E-state index contributed by atoms with van der Waals surface area (Å²) in [6, 6.07) is -0.0494. The van der Waals surface area contributed by atoms with Gasteiger partial charge in [-0.2, -0.15) is 0 Å². The van der Waals surface area contributed by atoms with Crippen LogP contribution in [0.5, 0.6) is 0 Å². The fourth-order valence-corrected chi connectivity index (χ4v) is 1.87. The first-order valence-corrected chi connectivity index (χ1v) is 6.64. The Balaban J connectivity index is 2.25. The molecule has 0 aromatic rings. The standard InChI is InChI=1S/C13H24N2O4/c1-13(2,3)9-14-12(18)15-6-4-10(5-7-15)19-8-11(16)17/h10H,4-9H2,1-3H3,(H,14,18)(H,16,17). The SMILES string of the molecule is CC(C)(C)CNC(=O)N1CCC(OCC(=O)O)CC1. The number of ether oxygens (including phenoxy) is 1. The molecular weight excluding hydrogens is 248 g/mol. The van der Waals surface area contributed by atoms with Gasteiger partial charge in [-0.3, -0.25) is 0 Å². The van der Waals surface area contributed by atoms with Crippen LogP contribution in [0.15, 0.2) is 0 Å². The molecule has 0 aliphatic carbocycles. The van der Waals surface area contributed by atoms with E-state index >= 15 is 0 Å². The summed E-state index contributed by atoms with van der Waals surface area (Å²) in [6.07, 6.45) is 1.33. The molecule has 6 heteroatoms. The summed E-state index contributed by atoms with van der Waals surface area (Å²) >= 11 is 0. The highest BCUT2D eigenvalue weighted by atomic mass is 16.5. The summed E-state index contributed by atoms with van der Waals surface area (Å²) < 4.78 is 5.23. The lowest BCUT2D eigenvalue weighted by Gasteiger charge is -2.32. The molecule has 0 atom stereocenters. The maximum Gasteiger partial charge on any atom is 0.329 e. The Morgan fingerprint density at radius 3 is 2.37 bits per heavy atom. The molecule has 0 unspecified atom stereocenters. The summed E-state index contributed by atoms with van der Waals surface area (Å²) in [5, 5.41) is 11.4. The number of carboxylic acid groups (broad SMARTS) is 1. The number of nitrogens with zero attached hydrogens (tertiary/aromatic N) is 1. The number of carbonyl (C=O) groups excluding carboxylic acids is 1. The van der Waals surface area contributed by atoms with Crippen molar-refractivity contribution in [2.75, 3.05) is 26.2 Å². The fourth-order valence-electron chi connectivity index (χ4n) is 1.87. The second-order valence-electron chi connectivity index (χ2n) is 6.11. The van der Waals surface area contributed by atoms with Gasteiger partial charge < -0.3 is 20.1 Å². The first-order chi connectivity index (χ1) is 8.78. The summed E-state index contributed by atoms with van der Waals surface area (Å²) in [6.45, 7) is 7.81. The lowest BCUT2D eigenvalue weighted by molar-refractivity contribution is -0.145. The van der Waals surface area contributed by atoms with Crippen LogP contribution < -0.4 is 5.32 Å². The van der Waals surface area contributed by atoms with Gasteiger partial charge in [0.15, 0.2) is 0 Å². The predicted octanol–water partition coefficient (Wildman–Crippen LogP) is 1.31. The number of piperidine rings is 1. The minimum absolute atomic E-state index is 0.0494. The predicted molar refractivity (Wildman–Crippen MR) is 71.0 cm³/mol. The zero-order valence-corrected chi connectivity index (χ0v) is 11.9. The molecule has 1 rings (SSSR count). The van der Waals surface area contributed by atoms with Gasteiger partial charge in [-0.05, 0) is 18.3 Å². The van der Waals surface area contributed by atoms with Gasteiger partial charge in [0.1, 0.15) is 6.61 Å². The molecule has 0 radical (unpaired) electrons. The number of amides is 2. The van der Waals surface area contributed by atoms with Crippen molar-refractivity contribution >= 4 is 12.0 Å². The molecule has 0 spiro atoms. The van der Waals surface area contributed by atoms with Crippen LogP contribution in [0, 0.1) is 5.41 Å². The zero-order chi connectivity index (χ0) is 14.5. The molecule has 19 heavy (non-hydrogen) atoms. The maximum atomic E-state index is 11.9. The van der Waals surface area contributed by atoms with E-state index in [-0.39, 0.29) is 24.2 Å². The topological polar surface area (TPSA) is 78.9 Å². The van der Waals surface area contributed by atoms with Crippen molar-refractivity contribution in [3.05, 3.63) is 0 Å². The Morgan fingerprint density at radius 1 is 1.32 bits per heavy atom. The third-order valence-corrected chi connectivity index (χ3v) is 2.94. The highest BCUT2D eigenvalue weighted by Crippen LogP contribution is 2.15. The molecule has 1 aliphatic rings. The lowest BCUT2D eigenvalue weighted by Crippen LogP contribution is -2.47. The van der Waals surface area contributed by atoms with E-state index in [1.165, 1.54) is 0 Å². The molecule has 2 amide bonds. The first-order valence-electron chi connectivity index (χ1n) is 6.64. The van der Waals surface area contributed by atoms with E-state index in [4.69, 9.17) is 9.84 Å². The second-order valence-corrected chi connectivity index (χ2v) is 6.11. The van der Waals surface area contributed by atoms with Crippen molar-refractivity contribution in [1.29, 1.82) is 0 Å². The van der Waals surface area contributed by atoms with Gasteiger partial charge in [-0.25, -0.2) is 9.59 Å². The molecule has 6 nitrogen and oxygen atoms in total. The Morgan fingerprint density at radius 2 is 1.89 bits per heavy atom. The highest BCUT2D eigenvalue weighted by molar-refractivity contribution is 5.74. The minimum Gasteiger partial charge on any atom is -0.480 e. The smallest absolute Gasteiger partial charge is 0.329 e. The van der Waals surface area contributed by atoms with Crippen LogP contribution in [0.4, 0.5) is 4.79 Å². The van der Waals surface area contributed by atoms with Crippen molar-refractivity contribution in [1.82, 2.24) is 10.2 Å². The molecule has 0 aromatic carbocycles. The van der Waals surface area contributed by atoms with Gasteiger partial charge >= 0.3 is 12.0 Å². The Hall–Kier alpha value is -1.30. The summed E-state index contributed by atoms with van der Waals surface area (Å²) in [5.74, 6) is -0.953. The van der Waals surface area contributed by atoms with Gasteiger partial charge in [0, 0.05) is 19.6 Å². The fraction of sp³-hybridized carbons (Fsp3) is 0.846. The van der Waals surface area contributed by atoms with E-state index in [1.807, 2.05) is 0 Å². The molecular formula is C13H24N2O4. The Kier molecular flexibility index (Phi) is 5.60. The van der Waals surface area contributed by atoms with E-state index in [1.54, 1.807) is 4.90 Å². The summed E-state index contributed by atoms with van der Waals surface area (Å²) in [4.78, 5) is 24.0. The third kappa shape index (κ3) is 6.42. The van der Waals surface area contributed by atoms with E-state index in [2.05, 4.69) is 26.1 Å². The summed E-state index contributed by atoms with van der Waals surface area (Å²) in [5.41, 5.74) is 0.0680. The Labute approximate surface area is 114 Å². The van der Waals surface area contributed by atoms with Crippen molar-refractivity contribution in [2.45, 2.75) is 39.7 Å². The quantitative estimate of drug-likeness (QED) is 0.808. The number of aliphatic carboxylic acids is 1. The largest absolute Gasteiger partial charge is 0.480 e. The molecule has 1 heterocycles. The highest BCUT2D eigenvalue weighted by Gasteiger charge is 2.24. The van der Waals surface area contributed by atoms with Gasteiger partial charge in [0.2, 0.25) is 0 Å². The molecule has 2 N–H and O–H groups in total. The number of nitrogens with one attached hydrogen (secondary N) is 1. The lowest BCUT2D eigenvalue weighted by atomic mass is 9.97. The first kappa shape index (κ1) is 15.8. The van der Waals surface area contributed by atoms with Crippen LogP contribution in [-0.2, 0) is 9.53 Å². The van der Waals surface area contributed by atoms with Crippen LogP contribution in [0.1, 0.15) is 33.6 Å². The zero-order valence-electron chi connectivity index (χ0n) is 11.9. The van der Waals surface area contributed by atoms with E-state index < -0.39 is 5.97 Å². The monoisotopic (exact) mass is 272 g/mol. The van der Waals surface area contributed by atoms with Crippen LogP contribution in [-0.4, -0.2) is 54.4 Å². The van der Waals surface area contributed by atoms with Crippen LogP contribution in [0.3, 0.4) is 0 Å². The van der Waals surface area contributed by atoms with E-state index in [0.717, 1.165) is 0 Å². The number of rotatable bonds is 4. The molecule has 0 saturated carbocycles. The van der Waals surface area contributed by atoms with Gasteiger partial charge in [-0.1, -0.05) is 20.8 Å². The molecule has 0 aromatic heterocycles. The van der Waals surface area contributed by atoms with Crippen LogP contribution >= 0.6 is 0 Å².